The molecule has 166 valence electrons. The first-order chi connectivity index (χ1) is 14.5. The molecule has 1 aliphatic heterocycles. The van der Waals surface area contributed by atoms with Gasteiger partial charge in [-0.2, -0.15) is 4.39 Å². The summed E-state index contributed by atoms with van der Waals surface area (Å²) in [7, 11) is 0. The smallest absolute Gasteiger partial charge is 0.338 e. The van der Waals surface area contributed by atoms with Gasteiger partial charge in [-0.1, -0.05) is 18.2 Å². The molecule has 0 aliphatic carbocycles. The van der Waals surface area contributed by atoms with Gasteiger partial charge in [0, 0.05) is 6.92 Å². The van der Waals surface area contributed by atoms with E-state index in [2.05, 4.69) is 0 Å². The molecule has 11 heteroatoms. The third kappa shape index (κ3) is 4.00. The highest BCUT2D eigenvalue weighted by Gasteiger charge is 2.66. The Balaban J connectivity index is 1.95. The van der Waals surface area contributed by atoms with Crippen molar-refractivity contribution < 1.29 is 32.6 Å². The fourth-order valence-electron chi connectivity index (χ4n) is 3.41. The number of nitrogens with zero attached hydrogens (tertiary/aromatic N) is 1. The molecule has 0 saturated carbocycles. The molecular formula is C20H20F2N2O7. The number of benzene rings is 1. The Labute approximate surface area is 174 Å². The van der Waals surface area contributed by atoms with Crippen LogP contribution in [0, 0.1) is 5.82 Å². The first kappa shape index (κ1) is 22.3. The summed E-state index contributed by atoms with van der Waals surface area (Å²) in [6.45, 7) is 2.72. The predicted molar refractivity (Wildman–Crippen MR) is 102 cm³/mol. The first-order valence-electron chi connectivity index (χ1n) is 9.24. The molecule has 31 heavy (non-hydrogen) atoms. The summed E-state index contributed by atoms with van der Waals surface area (Å²) >= 11 is 0. The summed E-state index contributed by atoms with van der Waals surface area (Å²) in [4.78, 5) is 49.1. The van der Waals surface area contributed by atoms with E-state index >= 15 is 4.39 Å². The number of aromatic nitrogens is 2. The molecule has 2 heterocycles. The molecule has 0 radical (unpaired) electrons. The molecule has 1 N–H and O–H groups in total. The fourth-order valence-corrected chi connectivity index (χ4v) is 3.41. The Morgan fingerprint density at radius 3 is 2.48 bits per heavy atom. The Kier molecular flexibility index (Phi) is 5.81. The summed E-state index contributed by atoms with van der Waals surface area (Å²) in [5.74, 6) is -2.92. The average molecular weight is 438 g/mol. The normalized spacial score (nSPS) is 27.6. The average Bonchev–Trinajstić information content (AvgIpc) is 2.89. The largest absolute Gasteiger partial charge is 0.459 e. The van der Waals surface area contributed by atoms with Crippen LogP contribution in [-0.2, 0) is 19.0 Å². The predicted octanol–water partition coefficient (Wildman–Crippen LogP) is 1.48. The molecular weight excluding hydrogens is 418 g/mol. The number of hydrogen-bond donors (Lipinski definition) is 1. The maximum Gasteiger partial charge on any atom is 0.338 e. The number of carbonyl (C=O) groups excluding carboxylic acids is 2. The summed E-state index contributed by atoms with van der Waals surface area (Å²) in [6, 6.07) is 7.96. The van der Waals surface area contributed by atoms with E-state index in [1.807, 2.05) is 0 Å². The van der Waals surface area contributed by atoms with Crippen LogP contribution in [0.1, 0.15) is 37.4 Å². The second-order valence-electron chi connectivity index (χ2n) is 7.36. The first-order valence-corrected chi connectivity index (χ1v) is 9.24. The van der Waals surface area contributed by atoms with E-state index in [-0.39, 0.29) is 5.56 Å². The lowest BCUT2D eigenvalue weighted by atomic mass is 9.84. The van der Waals surface area contributed by atoms with Crippen LogP contribution in [0.2, 0.25) is 0 Å². The number of alkyl halides is 1. The Morgan fingerprint density at radius 2 is 1.87 bits per heavy atom. The minimum atomic E-state index is -2.59. The topological polar surface area (TPSA) is 117 Å². The minimum Gasteiger partial charge on any atom is -0.459 e. The molecule has 0 spiro atoms. The van der Waals surface area contributed by atoms with E-state index in [1.54, 1.807) is 23.2 Å². The van der Waals surface area contributed by atoms with Crippen molar-refractivity contribution in [3.63, 3.8) is 0 Å². The van der Waals surface area contributed by atoms with Crippen molar-refractivity contribution in [1.29, 1.82) is 0 Å². The monoisotopic (exact) mass is 438 g/mol. The van der Waals surface area contributed by atoms with Gasteiger partial charge in [-0.25, -0.2) is 14.0 Å². The van der Waals surface area contributed by atoms with Crippen molar-refractivity contribution in [3.05, 3.63) is 68.7 Å². The van der Waals surface area contributed by atoms with Gasteiger partial charge in [0.05, 0.1) is 11.8 Å². The van der Waals surface area contributed by atoms with Gasteiger partial charge in [0.25, 0.3) is 5.56 Å². The van der Waals surface area contributed by atoms with E-state index < -0.39 is 59.2 Å². The van der Waals surface area contributed by atoms with Crippen molar-refractivity contribution in [2.45, 2.75) is 44.4 Å². The van der Waals surface area contributed by atoms with Gasteiger partial charge in [-0.3, -0.25) is 19.1 Å². The molecule has 3 rings (SSSR count). The highest BCUT2D eigenvalue weighted by molar-refractivity contribution is 5.89. The van der Waals surface area contributed by atoms with Gasteiger partial charge < -0.3 is 14.2 Å². The van der Waals surface area contributed by atoms with Gasteiger partial charge in [0.15, 0.2) is 17.5 Å². The molecule has 1 fully saturated rings. The summed E-state index contributed by atoms with van der Waals surface area (Å²) in [6.07, 6.45) is -2.65. The second-order valence-corrected chi connectivity index (χ2v) is 7.36. The van der Waals surface area contributed by atoms with E-state index in [0.717, 1.165) is 13.8 Å². The second kappa shape index (κ2) is 8.06. The van der Waals surface area contributed by atoms with Crippen LogP contribution in [-0.4, -0.2) is 45.5 Å². The van der Waals surface area contributed by atoms with E-state index in [0.29, 0.717) is 10.8 Å². The molecule has 1 aromatic carbocycles. The Hall–Kier alpha value is -3.34. The quantitative estimate of drug-likeness (QED) is 0.703. The molecule has 2 aromatic rings. The van der Waals surface area contributed by atoms with Crippen LogP contribution in [0.5, 0.6) is 0 Å². The van der Waals surface area contributed by atoms with Crippen molar-refractivity contribution in [2.75, 3.05) is 6.61 Å². The van der Waals surface area contributed by atoms with Crippen molar-refractivity contribution in [1.82, 2.24) is 9.55 Å². The third-order valence-electron chi connectivity index (χ3n) is 5.25. The van der Waals surface area contributed by atoms with Crippen molar-refractivity contribution in [3.8, 4) is 0 Å². The number of aromatic amines is 1. The minimum absolute atomic E-state index is 0.230. The van der Waals surface area contributed by atoms with Crippen LogP contribution < -0.4 is 11.2 Å². The highest BCUT2D eigenvalue weighted by atomic mass is 19.1. The number of ether oxygens (including phenoxy) is 3. The molecule has 0 unspecified atom stereocenters. The molecule has 1 saturated heterocycles. The van der Waals surface area contributed by atoms with Crippen molar-refractivity contribution >= 4 is 11.9 Å². The molecule has 0 amide bonds. The third-order valence-corrected chi connectivity index (χ3v) is 5.25. The van der Waals surface area contributed by atoms with Crippen molar-refractivity contribution in [2.24, 2.45) is 0 Å². The number of rotatable bonds is 5. The number of halogens is 2. The summed E-state index contributed by atoms with van der Waals surface area (Å²) in [5, 5.41) is 0. The van der Waals surface area contributed by atoms with E-state index in [9.17, 15) is 23.6 Å². The lowest BCUT2D eigenvalue weighted by molar-refractivity contribution is -0.175. The SMILES string of the molecule is CC(=O)O[C@]1(C)[C@@H](COC(=O)c2ccccc2)O[C@@H](n2cc(F)c(=O)[nH]c2=O)[C@]1(C)F. The Bertz CT molecular complexity index is 1110. The van der Waals surface area contributed by atoms with Crippen LogP contribution in [0.4, 0.5) is 8.78 Å². The van der Waals surface area contributed by atoms with Gasteiger partial charge >= 0.3 is 17.6 Å². The number of nitrogens with one attached hydrogen (secondary N) is 1. The zero-order chi connectivity index (χ0) is 23.0. The molecule has 9 nitrogen and oxygen atoms in total. The van der Waals surface area contributed by atoms with Crippen LogP contribution in [0.25, 0.3) is 0 Å². The van der Waals surface area contributed by atoms with Crippen LogP contribution >= 0.6 is 0 Å². The van der Waals surface area contributed by atoms with Gasteiger partial charge in [-0.15, -0.1) is 0 Å². The zero-order valence-electron chi connectivity index (χ0n) is 16.9. The molecule has 1 aliphatic rings. The van der Waals surface area contributed by atoms with E-state index in [1.165, 1.54) is 19.1 Å². The molecule has 4 atom stereocenters. The van der Waals surface area contributed by atoms with Crippen LogP contribution in [0.3, 0.4) is 0 Å². The van der Waals surface area contributed by atoms with Crippen LogP contribution in [0.15, 0.2) is 46.1 Å². The fraction of sp³-hybridized carbons (Fsp3) is 0.400. The number of hydrogen-bond acceptors (Lipinski definition) is 7. The summed E-state index contributed by atoms with van der Waals surface area (Å²) < 4.78 is 46.2. The number of esters is 2. The Morgan fingerprint density at radius 1 is 1.23 bits per heavy atom. The number of carbonyl (C=O) groups is 2. The molecule has 1 aromatic heterocycles. The maximum absolute atomic E-state index is 16.0. The standard InChI is InChI=1S/C20H20F2N2O7/c1-11(25)31-20(3)14(10-29-16(27)12-7-5-4-6-8-12)30-17(19(20,2)22)24-9-13(21)15(26)23-18(24)28/h4-9,14,17H,10H2,1-3H3,(H,23,26,28)/t14-,17-,19+,20-/m1/s1. The molecule has 0 bridgehead atoms. The zero-order valence-corrected chi connectivity index (χ0v) is 16.9. The van der Waals surface area contributed by atoms with Gasteiger partial charge in [0.2, 0.25) is 5.82 Å². The van der Waals surface area contributed by atoms with Gasteiger partial charge in [-0.05, 0) is 26.0 Å². The summed E-state index contributed by atoms with van der Waals surface area (Å²) in [5.41, 5.74) is -6.79. The lowest BCUT2D eigenvalue weighted by Gasteiger charge is -2.36. The van der Waals surface area contributed by atoms with E-state index in [4.69, 9.17) is 14.2 Å². The number of H-pyrrole nitrogens is 1. The highest BCUT2D eigenvalue weighted by Crippen LogP contribution is 2.50. The lowest BCUT2D eigenvalue weighted by Crippen LogP contribution is -2.55. The maximum atomic E-state index is 16.0. The van der Waals surface area contributed by atoms with Gasteiger partial charge in [0.1, 0.15) is 12.7 Å².